The minimum atomic E-state index is -5.10. The summed E-state index contributed by atoms with van der Waals surface area (Å²) in [5.74, 6) is -2.27. The molecule has 0 bridgehead atoms. The van der Waals surface area contributed by atoms with Crippen LogP contribution < -0.4 is 15.4 Å². The molecule has 8 rings (SSSR count). The third-order valence-electron chi connectivity index (χ3n) is 10.9. The quantitative estimate of drug-likeness (QED) is 0.241. The molecule has 4 aromatic rings. The maximum atomic E-state index is 17.1. The fraction of sp³-hybridized carbons (Fsp3) is 0.471. The highest BCUT2D eigenvalue weighted by Gasteiger charge is 2.50. The van der Waals surface area contributed by atoms with Crippen molar-refractivity contribution in [2.24, 2.45) is 5.92 Å². The first-order valence-corrected chi connectivity index (χ1v) is 17.2. The summed E-state index contributed by atoms with van der Waals surface area (Å²) in [5, 5.41) is 9.26. The van der Waals surface area contributed by atoms with E-state index < -0.39 is 46.2 Å². The number of benzene rings is 2. The van der Waals surface area contributed by atoms with Gasteiger partial charge in [-0.1, -0.05) is 6.07 Å². The lowest BCUT2D eigenvalue weighted by Crippen LogP contribution is -2.43. The molecular weight excluding hydrogens is 684 g/mol. The number of hydrogen-bond acceptors (Lipinski definition) is 9. The number of hydrogen-bond donors (Lipinski definition) is 1. The highest BCUT2D eigenvalue weighted by molar-refractivity contribution is 7.23. The molecule has 4 saturated heterocycles. The van der Waals surface area contributed by atoms with Crippen molar-refractivity contribution in [1.29, 1.82) is 5.26 Å². The Morgan fingerprint density at radius 1 is 1.20 bits per heavy atom. The molecule has 4 aliphatic rings. The first kappa shape index (κ1) is 32.8. The number of nitrogens with two attached hydrogens (primary N) is 1. The van der Waals surface area contributed by atoms with Crippen LogP contribution in [-0.4, -0.2) is 82.8 Å². The topological polar surface area (TPSA) is 112 Å². The monoisotopic (exact) mass is 715 g/mol. The smallest absolute Gasteiger partial charge is 0.417 e. The van der Waals surface area contributed by atoms with Gasteiger partial charge in [-0.25, -0.2) is 13.2 Å². The number of nitrogen functional groups attached to an aromatic ring is 1. The number of fused-ring (bicyclic) bond motifs is 4. The van der Waals surface area contributed by atoms with Gasteiger partial charge in [0, 0.05) is 61.8 Å². The zero-order chi connectivity index (χ0) is 35.3. The minimum Gasteiger partial charge on any atom is -0.461 e. The summed E-state index contributed by atoms with van der Waals surface area (Å²) in [6, 6.07) is 3.95. The van der Waals surface area contributed by atoms with E-state index in [4.69, 9.17) is 10.5 Å². The van der Waals surface area contributed by atoms with E-state index in [1.165, 1.54) is 6.92 Å². The van der Waals surface area contributed by atoms with E-state index in [9.17, 15) is 18.8 Å². The van der Waals surface area contributed by atoms with Gasteiger partial charge in [-0.15, -0.1) is 11.3 Å². The third kappa shape index (κ3) is 5.03. The molecule has 2 N–H and O–H groups in total. The van der Waals surface area contributed by atoms with Crippen molar-refractivity contribution in [2.45, 2.75) is 56.5 Å². The molecule has 4 aliphatic heterocycles. The molecule has 2 aromatic carbocycles. The molecule has 9 nitrogen and oxygen atoms in total. The Morgan fingerprint density at radius 2 is 2.00 bits per heavy atom. The van der Waals surface area contributed by atoms with Crippen LogP contribution in [0.1, 0.15) is 43.7 Å². The minimum absolute atomic E-state index is 0.00403. The van der Waals surface area contributed by atoms with Gasteiger partial charge in [0.05, 0.1) is 27.4 Å². The molecule has 0 saturated carbocycles. The molecule has 6 heterocycles. The van der Waals surface area contributed by atoms with Crippen molar-refractivity contribution in [2.75, 3.05) is 50.0 Å². The first-order valence-electron chi connectivity index (χ1n) is 16.4. The number of rotatable bonds is 5. The predicted octanol–water partition coefficient (Wildman–Crippen LogP) is 6.27. The molecule has 4 atom stereocenters. The number of carbonyl (C=O) groups is 1. The molecule has 1 amide bonds. The molecule has 50 heavy (non-hydrogen) atoms. The molecule has 0 radical (unpaired) electrons. The first-order chi connectivity index (χ1) is 23.8. The summed E-state index contributed by atoms with van der Waals surface area (Å²) in [5.41, 5.74) is 1.98. The number of likely N-dealkylation sites (tertiary alicyclic amines) is 1. The Labute approximate surface area is 286 Å². The fourth-order valence-corrected chi connectivity index (χ4v) is 9.55. The van der Waals surface area contributed by atoms with Crippen LogP contribution in [0.15, 0.2) is 18.2 Å². The summed E-state index contributed by atoms with van der Waals surface area (Å²) in [6.45, 7) is 3.58. The van der Waals surface area contributed by atoms with Crippen LogP contribution >= 0.6 is 11.3 Å². The fourth-order valence-electron chi connectivity index (χ4n) is 8.60. The average Bonchev–Trinajstić information content (AvgIpc) is 3.86. The summed E-state index contributed by atoms with van der Waals surface area (Å²) >= 11 is 0.686. The van der Waals surface area contributed by atoms with Crippen molar-refractivity contribution >= 4 is 49.1 Å². The summed E-state index contributed by atoms with van der Waals surface area (Å²) in [6.07, 6.45) is -3.77. The predicted molar refractivity (Wildman–Crippen MR) is 174 cm³/mol. The van der Waals surface area contributed by atoms with Gasteiger partial charge >= 0.3 is 12.2 Å². The number of nitriles is 1. The van der Waals surface area contributed by atoms with Gasteiger partial charge in [-0.05, 0) is 43.5 Å². The van der Waals surface area contributed by atoms with E-state index >= 15 is 17.6 Å². The van der Waals surface area contributed by atoms with Crippen LogP contribution in [0.2, 0.25) is 0 Å². The zero-order valence-corrected chi connectivity index (χ0v) is 27.6. The van der Waals surface area contributed by atoms with Crippen molar-refractivity contribution in [1.82, 2.24) is 19.8 Å². The highest BCUT2D eigenvalue weighted by Crippen LogP contribution is 2.49. The number of thiophene rings is 1. The van der Waals surface area contributed by atoms with Crippen molar-refractivity contribution in [3.63, 3.8) is 0 Å². The second-order valence-electron chi connectivity index (χ2n) is 13.7. The molecule has 262 valence electrons. The van der Waals surface area contributed by atoms with E-state index in [0.29, 0.717) is 50.4 Å². The SMILES string of the molecule is CC(=O)N1CC2CCN(c3nc(OCC45CCCN4CC(F)C5)nc4c(F)c(-c5ccc(F)c6sc(N)c(C#N)c56)c(C(F)(F)F)cc34)C2C1. The molecule has 4 fully saturated rings. The Hall–Kier alpha value is -4.36. The van der Waals surface area contributed by atoms with E-state index in [1.807, 2.05) is 11.0 Å². The van der Waals surface area contributed by atoms with Crippen LogP contribution in [0, 0.1) is 28.9 Å². The number of halogens is 6. The molecule has 16 heteroatoms. The van der Waals surface area contributed by atoms with Gasteiger partial charge in [0.1, 0.15) is 41.0 Å². The highest BCUT2D eigenvalue weighted by atomic mass is 32.1. The lowest BCUT2D eigenvalue weighted by Gasteiger charge is -2.31. The van der Waals surface area contributed by atoms with Gasteiger partial charge in [0.25, 0.3) is 0 Å². The van der Waals surface area contributed by atoms with Crippen LogP contribution in [0.4, 0.5) is 37.2 Å². The lowest BCUT2D eigenvalue weighted by atomic mass is 9.92. The number of aromatic nitrogens is 2. The van der Waals surface area contributed by atoms with Crippen LogP contribution in [-0.2, 0) is 11.0 Å². The van der Waals surface area contributed by atoms with E-state index in [2.05, 4.69) is 9.97 Å². The van der Waals surface area contributed by atoms with Gasteiger partial charge in [0.15, 0.2) is 5.82 Å². The zero-order valence-electron chi connectivity index (χ0n) is 26.8. The number of amides is 1. The van der Waals surface area contributed by atoms with E-state index in [1.54, 1.807) is 9.80 Å². The normalized spacial score (nSPS) is 25.1. The Bertz CT molecular complexity index is 2120. The van der Waals surface area contributed by atoms with Gasteiger partial charge in [-0.2, -0.15) is 28.4 Å². The standard InChI is InChI=1S/C34H31F6N7O2S/c1-16(48)45-12-17-5-8-47(24(17)14-45)31-20-9-22(34(38,39)40)26(19-3-4-23(36)29-25(19)21(11-41)30(42)50-29)27(37)28(20)43-32(44-31)49-15-33-6-2-7-46(33)13-18(35)10-33/h3-4,9,17-18,24H,2,5-8,10,12-15,42H2,1H3. The van der Waals surface area contributed by atoms with Gasteiger partial charge in [0.2, 0.25) is 5.91 Å². The van der Waals surface area contributed by atoms with Crippen LogP contribution in [0.5, 0.6) is 6.01 Å². The van der Waals surface area contributed by atoms with Crippen molar-refractivity contribution in [3.05, 3.63) is 41.0 Å². The largest absolute Gasteiger partial charge is 0.461 e. The molecular formula is C34H31F6N7O2S. The number of alkyl halides is 4. The lowest BCUT2D eigenvalue weighted by molar-refractivity contribution is -0.137. The Balaban J connectivity index is 1.34. The molecule has 0 aliphatic carbocycles. The number of anilines is 2. The van der Waals surface area contributed by atoms with Crippen molar-refractivity contribution in [3.8, 4) is 23.2 Å². The second-order valence-corrected chi connectivity index (χ2v) is 14.7. The average molecular weight is 716 g/mol. The van der Waals surface area contributed by atoms with E-state index in [0.717, 1.165) is 24.6 Å². The number of ether oxygens (including phenoxy) is 1. The van der Waals surface area contributed by atoms with E-state index in [-0.39, 0.29) is 80.9 Å². The summed E-state index contributed by atoms with van der Waals surface area (Å²) in [7, 11) is 0. The number of carbonyl (C=O) groups excluding carboxylic acids is 1. The summed E-state index contributed by atoms with van der Waals surface area (Å²) in [4.78, 5) is 26.7. The molecule has 4 unspecified atom stereocenters. The second kappa shape index (κ2) is 11.6. The third-order valence-corrected chi connectivity index (χ3v) is 11.9. The molecule has 2 aromatic heterocycles. The molecule has 0 spiro atoms. The Kier molecular flexibility index (Phi) is 7.61. The van der Waals surface area contributed by atoms with Gasteiger partial charge < -0.3 is 20.3 Å². The van der Waals surface area contributed by atoms with Crippen molar-refractivity contribution < 1.29 is 35.9 Å². The van der Waals surface area contributed by atoms with Gasteiger partial charge in [-0.3, -0.25) is 9.69 Å². The summed E-state index contributed by atoms with van der Waals surface area (Å²) < 4.78 is 97.6. The number of nitrogens with zero attached hydrogens (tertiary/aromatic N) is 6. The van der Waals surface area contributed by atoms with Crippen LogP contribution in [0.25, 0.3) is 32.1 Å². The maximum absolute atomic E-state index is 17.1. The Morgan fingerprint density at radius 3 is 2.74 bits per heavy atom. The van der Waals surface area contributed by atoms with Crippen LogP contribution in [0.3, 0.4) is 0 Å². The maximum Gasteiger partial charge on any atom is 0.417 e.